The van der Waals surface area contributed by atoms with Crippen LogP contribution in [0.5, 0.6) is 5.75 Å². The fourth-order valence-corrected chi connectivity index (χ4v) is 3.28. The molecule has 0 spiro atoms. The molecule has 2 aliphatic rings. The second-order valence-corrected chi connectivity index (χ2v) is 6.79. The van der Waals surface area contributed by atoms with Crippen molar-refractivity contribution in [2.24, 2.45) is 0 Å². The van der Waals surface area contributed by atoms with Gasteiger partial charge < -0.3 is 14.8 Å². The molecule has 0 radical (unpaired) electrons. The number of para-hydroxylation sites is 1. The average molecular weight is 354 g/mol. The van der Waals surface area contributed by atoms with Crippen LogP contribution >= 0.6 is 0 Å². The van der Waals surface area contributed by atoms with Crippen molar-refractivity contribution in [3.8, 4) is 11.8 Å². The quantitative estimate of drug-likeness (QED) is 0.840. The van der Waals surface area contributed by atoms with Crippen molar-refractivity contribution >= 4 is 18.0 Å². The SMILES string of the molecule is C[C@@H](OC(=O)C1=Cc2ccccc2OC1)C(=O)NC1(C#N)CCCCC1. The van der Waals surface area contributed by atoms with Crippen molar-refractivity contribution in [3.05, 3.63) is 35.4 Å². The Balaban J connectivity index is 1.62. The van der Waals surface area contributed by atoms with E-state index in [-0.39, 0.29) is 6.61 Å². The maximum absolute atomic E-state index is 12.4. The molecule has 1 aliphatic heterocycles. The second kappa shape index (κ2) is 7.61. The molecule has 1 fully saturated rings. The van der Waals surface area contributed by atoms with Crippen molar-refractivity contribution in [2.45, 2.75) is 50.7 Å². The van der Waals surface area contributed by atoms with Crippen molar-refractivity contribution < 1.29 is 19.1 Å². The van der Waals surface area contributed by atoms with Gasteiger partial charge in [-0.25, -0.2) is 4.79 Å². The van der Waals surface area contributed by atoms with Crippen molar-refractivity contribution in [2.75, 3.05) is 6.61 Å². The molecule has 1 heterocycles. The van der Waals surface area contributed by atoms with Crippen LogP contribution in [0.3, 0.4) is 0 Å². The normalized spacial score (nSPS) is 19.0. The van der Waals surface area contributed by atoms with Gasteiger partial charge in [-0.15, -0.1) is 0 Å². The summed E-state index contributed by atoms with van der Waals surface area (Å²) < 4.78 is 10.8. The van der Waals surface area contributed by atoms with Gasteiger partial charge in [-0.05, 0) is 31.9 Å². The molecule has 6 heteroatoms. The second-order valence-electron chi connectivity index (χ2n) is 6.79. The van der Waals surface area contributed by atoms with Crippen LogP contribution in [0, 0.1) is 11.3 Å². The summed E-state index contributed by atoms with van der Waals surface area (Å²) in [6, 6.07) is 9.62. The minimum atomic E-state index is -0.979. The molecule has 1 amide bonds. The van der Waals surface area contributed by atoms with Gasteiger partial charge in [0.2, 0.25) is 0 Å². The zero-order valence-electron chi connectivity index (χ0n) is 14.8. The summed E-state index contributed by atoms with van der Waals surface area (Å²) in [5, 5.41) is 12.2. The molecule has 0 aromatic heterocycles. The highest BCUT2D eigenvalue weighted by molar-refractivity contribution is 5.97. The highest BCUT2D eigenvalue weighted by Crippen LogP contribution is 2.28. The molecule has 136 valence electrons. The third-order valence-corrected chi connectivity index (χ3v) is 4.83. The predicted molar refractivity (Wildman–Crippen MR) is 95.0 cm³/mol. The number of nitriles is 1. The van der Waals surface area contributed by atoms with Gasteiger partial charge in [0.25, 0.3) is 5.91 Å². The van der Waals surface area contributed by atoms with Crippen molar-refractivity contribution in [3.63, 3.8) is 0 Å². The number of amides is 1. The third kappa shape index (κ3) is 3.88. The van der Waals surface area contributed by atoms with E-state index in [1.54, 1.807) is 6.08 Å². The topological polar surface area (TPSA) is 88.4 Å². The Morgan fingerprint density at radius 1 is 1.27 bits per heavy atom. The maximum atomic E-state index is 12.4. The van der Waals surface area contributed by atoms with Crippen LogP contribution < -0.4 is 10.1 Å². The van der Waals surface area contributed by atoms with Gasteiger partial charge in [0.15, 0.2) is 6.10 Å². The number of hydrogen-bond acceptors (Lipinski definition) is 5. The zero-order valence-corrected chi connectivity index (χ0v) is 14.8. The van der Waals surface area contributed by atoms with Gasteiger partial charge in [-0.2, -0.15) is 5.26 Å². The Morgan fingerprint density at radius 2 is 2.00 bits per heavy atom. The molecular formula is C20H22N2O4. The van der Waals surface area contributed by atoms with Gasteiger partial charge in [-0.3, -0.25) is 4.79 Å². The van der Waals surface area contributed by atoms with E-state index in [1.807, 2.05) is 24.3 Å². The third-order valence-electron chi connectivity index (χ3n) is 4.83. The van der Waals surface area contributed by atoms with E-state index in [9.17, 15) is 14.9 Å². The number of nitrogens with zero attached hydrogens (tertiary/aromatic N) is 1. The maximum Gasteiger partial charge on any atom is 0.338 e. The van der Waals surface area contributed by atoms with E-state index >= 15 is 0 Å². The summed E-state index contributed by atoms with van der Waals surface area (Å²) in [6.45, 7) is 1.62. The fraction of sp³-hybridized carbons (Fsp3) is 0.450. The molecular weight excluding hydrogens is 332 g/mol. The number of hydrogen-bond donors (Lipinski definition) is 1. The Labute approximate surface area is 152 Å². The predicted octanol–water partition coefficient (Wildman–Crippen LogP) is 2.74. The van der Waals surface area contributed by atoms with Gasteiger partial charge in [0.1, 0.15) is 17.9 Å². The number of ether oxygens (including phenoxy) is 2. The molecule has 0 unspecified atom stereocenters. The minimum absolute atomic E-state index is 0.103. The molecule has 1 N–H and O–H groups in total. The molecule has 1 saturated carbocycles. The van der Waals surface area contributed by atoms with Crippen LogP contribution in [-0.4, -0.2) is 30.1 Å². The molecule has 6 nitrogen and oxygen atoms in total. The Hall–Kier alpha value is -2.81. The van der Waals surface area contributed by atoms with Crippen LogP contribution in [0.4, 0.5) is 0 Å². The summed E-state index contributed by atoms with van der Waals surface area (Å²) in [5.41, 5.74) is 0.312. The highest BCUT2D eigenvalue weighted by atomic mass is 16.6. The summed E-state index contributed by atoms with van der Waals surface area (Å²) in [7, 11) is 0. The van der Waals surface area contributed by atoms with Gasteiger partial charge in [0, 0.05) is 5.56 Å². The van der Waals surface area contributed by atoms with E-state index in [0.717, 1.165) is 24.8 Å². The summed E-state index contributed by atoms with van der Waals surface area (Å²) >= 11 is 0. The van der Waals surface area contributed by atoms with Crippen molar-refractivity contribution in [1.82, 2.24) is 5.32 Å². The van der Waals surface area contributed by atoms with Crippen LogP contribution in [0.2, 0.25) is 0 Å². The molecule has 3 rings (SSSR count). The lowest BCUT2D eigenvalue weighted by Gasteiger charge is -2.32. The van der Waals surface area contributed by atoms with E-state index in [1.165, 1.54) is 6.92 Å². The fourth-order valence-electron chi connectivity index (χ4n) is 3.28. The molecule has 0 saturated heterocycles. The minimum Gasteiger partial charge on any atom is -0.488 e. The lowest BCUT2D eigenvalue weighted by Crippen LogP contribution is -2.52. The molecule has 1 atom stereocenters. The smallest absolute Gasteiger partial charge is 0.338 e. The first-order valence-electron chi connectivity index (χ1n) is 8.90. The Bertz CT molecular complexity index is 772. The summed E-state index contributed by atoms with van der Waals surface area (Å²) in [5.74, 6) is -0.320. The zero-order chi connectivity index (χ0) is 18.6. The average Bonchev–Trinajstić information content (AvgIpc) is 2.68. The largest absolute Gasteiger partial charge is 0.488 e. The molecule has 0 bridgehead atoms. The molecule has 1 aliphatic carbocycles. The monoisotopic (exact) mass is 354 g/mol. The van der Waals surface area contributed by atoms with Gasteiger partial charge >= 0.3 is 5.97 Å². The molecule has 26 heavy (non-hydrogen) atoms. The number of esters is 1. The number of carbonyl (C=O) groups excluding carboxylic acids is 2. The lowest BCUT2D eigenvalue weighted by molar-refractivity contribution is -0.152. The van der Waals surface area contributed by atoms with Crippen molar-refractivity contribution in [1.29, 1.82) is 5.26 Å². The lowest BCUT2D eigenvalue weighted by atomic mass is 9.83. The van der Waals surface area contributed by atoms with Crippen LogP contribution in [0.25, 0.3) is 6.08 Å². The number of carbonyl (C=O) groups is 2. The van der Waals surface area contributed by atoms with E-state index < -0.39 is 23.5 Å². The Kier molecular flexibility index (Phi) is 5.27. The number of rotatable bonds is 4. The number of fused-ring (bicyclic) bond motifs is 1. The van der Waals surface area contributed by atoms with Crippen LogP contribution in [0.1, 0.15) is 44.6 Å². The van der Waals surface area contributed by atoms with Gasteiger partial charge in [0.05, 0.1) is 11.6 Å². The molecule has 1 aromatic rings. The van der Waals surface area contributed by atoms with E-state index in [0.29, 0.717) is 24.2 Å². The first-order valence-corrected chi connectivity index (χ1v) is 8.90. The van der Waals surface area contributed by atoms with E-state index in [4.69, 9.17) is 9.47 Å². The standard InChI is InChI=1S/C20H22N2O4/c1-14(18(23)22-20(13-21)9-5-2-6-10-20)26-19(24)16-11-15-7-3-4-8-17(15)25-12-16/h3-4,7-8,11,14H,2,5-6,9-10,12H2,1H3,(H,22,23)/t14-/m1/s1. The Morgan fingerprint density at radius 3 is 2.73 bits per heavy atom. The first-order chi connectivity index (χ1) is 12.5. The van der Waals surface area contributed by atoms with E-state index in [2.05, 4.69) is 11.4 Å². The number of benzene rings is 1. The summed E-state index contributed by atoms with van der Waals surface area (Å²) in [6.07, 6.45) is 4.88. The summed E-state index contributed by atoms with van der Waals surface area (Å²) in [4.78, 5) is 24.8. The van der Waals surface area contributed by atoms with Crippen LogP contribution in [-0.2, 0) is 14.3 Å². The highest BCUT2D eigenvalue weighted by Gasteiger charge is 2.35. The van der Waals surface area contributed by atoms with Crippen LogP contribution in [0.15, 0.2) is 29.8 Å². The number of nitrogens with one attached hydrogen (secondary N) is 1. The van der Waals surface area contributed by atoms with Gasteiger partial charge in [-0.1, -0.05) is 37.5 Å². The molecule has 1 aromatic carbocycles. The first kappa shape index (κ1) is 18.0.